The van der Waals surface area contributed by atoms with Gasteiger partial charge >= 0.3 is 0 Å². The average Bonchev–Trinajstić information content (AvgIpc) is 2.35. The van der Waals surface area contributed by atoms with Gasteiger partial charge in [-0.25, -0.2) is 4.98 Å². The molecule has 0 spiro atoms. The van der Waals surface area contributed by atoms with Crippen molar-refractivity contribution in [1.82, 2.24) is 4.98 Å². The number of aldehydes is 1. The van der Waals surface area contributed by atoms with Crippen molar-refractivity contribution in [3.8, 4) is 11.3 Å². The van der Waals surface area contributed by atoms with Crippen molar-refractivity contribution >= 4 is 41.1 Å². The molecule has 1 heterocycles. The highest BCUT2D eigenvalue weighted by atomic mass is 35.5. The second kappa shape index (κ2) is 5.22. The van der Waals surface area contributed by atoms with E-state index in [2.05, 4.69) is 4.98 Å². The van der Waals surface area contributed by atoms with Gasteiger partial charge in [0.05, 0.1) is 20.8 Å². The fraction of sp³-hybridized carbons (Fsp3) is 0. The van der Waals surface area contributed by atoms with Crippen LogP contribution in [0.5, 0.6) is 0 Å². The third kappa shape index (κ3) is 2.48. The molecule has 2 rings (SSSR count). The standard InChI is InChI=1S/C12H5Cl3FNO/c13-8-2-1-7(11(14)12(8)15)9-3-6(5-18)4-10(16)17-9/h1-5H. The van der Waals surface area contributed by atoms with Gasteiger partial charge in [0.2, 0.25) is 5.95 Å². The van der Waals surface area contributed by atoms with E-state index in [-0.39, 0.29) is 26.3 Å². The van der Waals surface area contributed by atoms with E-state index in [1.165, 1.54) is 12.1 Å². The summed E-state index contributed by atoms with van der Waals surface area (Å²) in [6.07, 6.45) is 0.527. The lowest BCUT2D eigenvalue weighted by atomic mass is 10.1. The van der Waals surface area contributed by atoms with Gasteiger partial charge in [-0.3, -0.25) is 4.79 Å². The molecule has 6 heteroatoms. The van der Waals surface area contributed by atoms with E-state index in [1.807, 2.05) is 0 Å². The first-order chi connectivity index (χ1) is 8.52. The number of halogens is 4. The molecular formula is C12H5Cl3FNO. The Bertz CT molecular complexity index is 631. The Morgan fingerprint density at radius 1 is 1.11 bits per heavy atom. The number of rotatable bonds is 2. The Kier molecular flexibility index (Phi) is 3.85. The number of pyridine rings is 1. The van der Waals surface area contributed by atoms with E-state index in [0.29, 0.717) is 11.8 Å². The zero-order valence-electron chi connectivity index (χ0n) is 8.75. The van der Waals surface area contributed by atoms with Crippen LogP contribution in [0.15, 0.2) is 24.3 Å². The van der Waals surface area contributed by atoms with Crippen LogP contribution in [0, 0.1) is 5.95 Å². The number of hydrogen-bond acceptors (Lipinski definition) is 2. The molecule has 0 aliphatic carbocycles. The molecule has 0 fully saturated rings. The van der Waals surface area contributed by atoms with Crippen molar-refractivity contribution < 1.29 is 9.18 Å². The summed E-state index contributed by atoms with van der Waals surface area (Å²) in [6.45, 7) is 0. The van der Waals surface area contributed by atoms with Crippen molar-refractivity contribution in [1.29, 1.82) is 0 Å². The highest BCUT2D eigenvalue weighted by Gasteiger charge is 2.13. The predicted octanol–water partition coefficient (Wildman–Crippen LogP) is 4.66. The Labute approximate surface area is 117 Å². The molecule has 0 amide bonds. The van der Waals surface area contributed by atoms with E-state index in [9.17, 15) is 9.18 Å². The molecule has 0 radical (unpaired) electrons. The second-order valence-corrected chi connectivity index (χ2v) is 4.61. The van der Waals surface area contributed by atoms with Crippen LogP contribution in [0.25, 0.3) is 11.3 Å². The van der Waals surface area contributed by atoms with Gasteiger partial charge in [0.15, 0.2) is 0 Å². The van der Waals surface area contributed by atoms with Crippen molar-refractivity contribution in [2.24, 2.45) is 0 Å². The minimum Gasteiger partial charge on any atom is -0.298 e. The van der Waals surface area contributed by atoms with Gasteiger partial charge < -0.3 is 0 Å². The fourth-order valence-corrected chi connectivity index (χ4v) is 2.08. The second-order valence-electron chi connectivity index (χ2n) is 3.45. The van der Waals surface area contributed by atoms with E-state index in [4.69, 9.17) is 34.8 Å². The maximum Gasteiger partial charge on any atom is 0.214 e. The molecule has 0 bridgehead atoms. The van der Waals surface area contributed by atoms with E-state index >= 15 is 0 Å². The summed E-state index contributed by atoms with van der Waals surface area (Å²) >= 11 is 17.7. The van der Waals surface area contributed by atoms with Gasteiger partial charge in [-0.1, -0.05) is 34.8 Å². The lowest BCUT2D eigenvalue weighted by Crippen LogP contribution is -1.93. The molecule has 92 valence electrons. The first kappa shape index (κ1) is 13.3. The van der Waals surface area contributed by atoms with Crippen LogP contribution in [0.1, 0.15) is 10.4 Å². The number of aromatic nitrogens is 1. The smallest absolute Gasteiger partial charge is 0.214 e. The number of nitrogens with zero attached hydrogens (tertiary/aromatic N) is 1. The maximum absolute atomic E-state index is 13.2. The summed E-state index contributed by atoms with van der Waals surface area (Å²) in [5.74, 6) is -0.767. The van der Waals surface area contributed by atoms with Crippen molar-refractivity contribution in [2.75, 3.05) is 0 Å². The summed E-state index contributed by atoms with van der Waals surface area (Å²) in [5.41, 5.74) is 0.800. The predicted molar refractivity (Wildman–Crippen MR) is 70.0 cm³/mol. The highest BCUT2D eigenvalue weighted by Crippen LogP contribution is 2.37. The van der Waals surface area contributed by atoms with Gasteiger partial charge in [0.1, 0.15) is 6.29 Å². The minimum atomic E-state index is -0.767. The summed E-state index contributed by atoms with van der Waals surface area (Å²) < 4.78 is 13.2. The molecule has 0 saturated heterocycles. The van der Waals surface area contributed by atoms with Crippen LogP contribution in [0.2, 0.25) is 15.1 Å². The van der Waals surface area contributed by atoms with Gasteiger partial charge in [0, 0.05) is 17.2 Å². The molecule has 0 saturated carbocycles. The Morgan fingerprint density at radius 3 is 2.50 bits per heavy atom. The van der Waals surface area contributed by atoms with E-state index in [1.54, 1.807) is 6.07 Å². The normalized spacial score (nSPS) is 10.4. The average molecular weight is 305 g/mol. The molecular weight excluding hydrogens is 299 g/mol. The van der Waals surface area contributed by atoms with E-state index in [0.717, 1.165) is 6.07 Å². The molecule has 0 aliphatic rings. The van der Waals surface area contributed by atoms with Gasteiger partial charge in [-0.05, 0) is 18.2 Å². The summed E-state index contributed by atoms with van der Waals surface area (Å²) in [7, 11) is 0. The SMILES string of the molecule is O=Cc1cc(F)nc(-c2ccc(Cl)c(Cl)c2Cl)c1. The summed E-state index contributed by atoms with van der Waals surface area (Å²) in [4.78, 5) is 14.3. The van der Waals surface area contributed by atoms with Gasteiger partial charge in [0.25, 0.3) is 0 Å². The zero-order valence-corrected chi connectivity index (χ0v) is 11.0. The largest absolute Gasteiger partial charge is 0.298 e. The number of benzene rings is 1. The summed E-state index contributed by atoms with van der Waals surface area (Å²) in [5, 5.41) is 0.617. The quantitative estimate of drug-likeness (QED) is 0.459. The number of carbonyl (C=O) groups excluding carboxylic acids is 1. The Balaban J connectivity index is 2.65. The minimum absolute atomic E-state index is 0.162. The van der Waals surface area contributed by atoms with Crippen LogP contribution in [-0.4, -0.2) is 11.3 Å². The first-order valence-corrected chi connectivity index (χ1v) is 5.93. The molecule has 2 aromatic rings. The van der Waals surface area contributed by atoms with Crippen LogP contribution >= 0.6 is 34.8 Å². The molecule has 2 nitrogen and oxygen atoms in total. The zero-order chi connectivity index (χ0) is 13.3. The fourth-order valence-electron chi connectivity index (χ4n) is 1.45. The monoisotopic (exact) mass is 303 g/mol. The van der Waals surface area contributed by atoms with Gasteiger partial charge in [-0.2, -0.15) is 4.39 Å². The number of hydrogen-bond donors (Lipinski definition) is 0. The molecule has 0 atom stereocenters. The first-order valence-electron chi connectivity index (χ1n) is 4.79. The highest BCUT2D eigenvalue weighted by molar-refractivity contribution is 6.49. The molecule has 0 aliphatic heterocycles. The third-order valence-electron chi connectivity index (χ3n) is 2.26. The topological polar surface area (TPSA) is 30.0 Å². The van der Waals surface area contributed by atoms with Gasteiger partial charge in [-0.15, -0.1) is 0 Å². The molecule has 0 unspecified atom stereocenters. The van der Waals surface area contributed by atoms with E-state index < -0.39 is 5.95 Å². The van der Waals surface area contributed by atoms with Crippen molar-refractivity contribution in [2.45, 2.75) is 0 Å². The molecule has 0 N–H and O–H groups in total. The van der Waals surface area contributed by atoms with Crippen LogP contribution in [0.3, 0.4) is 0 Å². The van der Waals surface area contributed by atoms with Crippen LogP contribution in [-0.2, 0) is 0 Å². The molecule has 1 aromatic carbocycles. The molecule has 1 aromatic heterocycles. The van der Waals surface area contributed by atoms with Crippen LogP contribution in [0.4, 0.5) is 4.39 Å². The van der Waals surface area contributed by atoms with Crippen molar-refractivity contribution in [3.63, 3.8) is 0 Å². The third-order valence-corrected chi connectivity index (χ3v) is 3.56. The Morgan fingerprint density at radius 2 is 1.83 bits per heavy atom. The Hall–Kier alpha value is -1.16. The van der Waals surface area contributed by atoms with Crippen molar-refractivity contribution in [3.05, 3.63) is 50.8 Å². The van der Waals surface area contributed by atoms with Crippen LogP contribution < -0.4 is 0 Å². The lowest BCUT2D eigenvalue weighted by molar-refractivity contribution is 0.112. The lowest BCUT2D eigenvalue weighted by Gasteiger charge is -2.07. The number of carbonyl (C=O) groups is 1. The summed E-state index contributed by atoms with van der Waals surface area (Å²) in [6, 6.07) is 5.54. The molecule has 18 heavy (non-hydrogen) atoms. The maximum atomic E-state index is 13.2.